The maximum absolute atomic E-state index is 14.3. The van der Waals surface area contributed by atoms with E-state index in [2.05, 4.69) is 41.7 Å². The van der Waals surface area contributed by atoms with Crippen LogP contribution < -0.4 is 21.2 Å². The zero-order chi connectivity index (χ0) is 19.0. The third-order valence-corrected chi connectivity index (χ3v) is 10.1. The van der Waals surface area contributed by atoms with Gasteiger partial charge in [0.1, 0.15) is 0 Å². The van der Waals surface area contributed by atoms with Crippen LogP contribution in [0.25, 0.3) is 0 Å². The fraction of sp³-hybridized carbons (Fsp3) is 0. The maximum atomic E-state index is 14.3. The van der Waals surface area contributed by atoms with Gasteiger partial charge in [-0.1, -0.05) is 0 Å². The molecule has 0 aliphatic carbocycles. The van der Waals surface area contributed by atoms with Crippen molar-refractivity contribution in [2.75, 3.05) is 5.32 Å². The average molecular weight is 381 g/mol. The SMILES string of the molecule is O=C1c2ccccc2Nc2ccccc2[PH]1(c1ccccc1)c1ccccc1. The van der Waals surface area contributed by atoms with Crippen LogP contribution >= 0.6 is 7.26 Å². The summed E-state index contributed by atoms with van der Waals surface area (Å²) in [5.74, 6) is 0. The van der Waals surface area contributed by atoms with Crippen molar-refractivity contribution in [3.05, 3.63) is 115 Å². The van der Waals surface area contributed by atoms with Crippen LogP contribution in [0.1, 0.15) is 10.4 Å². The van der Waals surface area contributed by atoms with Crippen LogP contribution in [0.2, 0.25) is 0 Å². The van der Waals surface area contributed by atoms with Gasteiger partial charge in [-0.2, -0.15) is 0 Å². The molecule has 2 nitrogen and oxygen atoms in total. The van der Waals surface area contributed by atoms with E-state index in [0.717, 1.165) is 32.9 Å². The third-order valence-electron chi connectivity index (χ3n) is 5.53. The summed E-state index contributed by atoms with van der Waals surface area (Å²) >= 11 is 0. The Balaban J connectivity index is 1.96. The summed E-state index contributed by atoms with van der Waals surface area (Å²) in [5.41, 5.74) is 2.87. The van der Waals surface area contributed by atoms with Crippen LogP contribution in [-0.4, -0.2) is 5.52 Å². The second-order valence-electron chi connectivity index (χ2n) is 7.03. The number of hydrogen-bond donors (Lipinski definition) is 1. The molecule has 1 heterocycles. The number of fused-ring (bicyclic) bond motifs is 2. The van der Waals surface area contributed by atoms with Crippen LogP contribution in [0.4, 0.5) is 11.4 Å². The molecule has 5 rings (SSSR count). The van der Waals surface area contributed by atoms with Gasteiger partial charge in [-0.3, -0.25) is 0 Å². The molecule has 4 aromatic rings. The molecule has 1 aliphatic rings. The predicted octanol–water partition coefficient (Wildman–Crippen LogP) is 4.61. The van der Waals surface area contributed by atoms with Crippen molar-refractivity contribution >= 4 is 40.1 Å². The first-order chi connectivity index (χ1) is 13.8. The van der Waals surface area contributed by atoms with Crippen LogP contribution in [0.15, 0.2) is 109 Å². The van der Waals surface area contributed by atoms with Crippen molar-refractivity contribution in [2.45, 2.75) is 0 Å². The van der Waals surface area contributed by atoms with Gasteiger partial charge in [-0.25, -0.2) is 0 Å². The molecule has 0 bridgehead atoms. The normalized spacial score (nSPS) is 15.5. The summed E-state index contributed by atoms with van der Waals surface area (Å²) in [6.07, 6.45) is 0. The molecule has 0 amide bonds. The minimum atomic E-state index is -2.96. The molecule has 0 atom stereocenters. The van der Waals surface area contributed by atoms with E-state index in [9.17, 15) is 4.79 Å². The molecule has 0 unspecified atom stereocenters. The van der Waals surface area contributed by atoms with Gasteiger partial charge in [-0.05, 0) is 0 Å². The number of rotatable bonds is 2. The number of anilines is 2. The van der Waals surface area contributed by atoms with E-state index in [4.69, 9.17) is 0 Å². The summed E-state index contributed by atoms with van der Waals surface area (Å²) in [7, 11) is -2.96. The Morgan fingerprint density at radius 1 is 0.536 bits per heavy atom. The van der Waals surface area contributed by atoms with Crippen molar-refractivity contribution in [3.63, 3.8) is 0 Å². The Hall–Kier alpha value is -3.22. The van der Waals surface area contributed by atoms with Crippen LogP contribution in [0.5, 0.6) is 0 Å². The van der Waals surface area contributed by atoms with Crippen molar-refractivity contribution in [1.82, 2.24) is 0 Å². The standard InChI is InChI=1S/C25H20NOP/c27-25-21-15-7-8-16-22(21)26-23-17-9-10-18-24(23)28(25,19-11-3-1-4-12-19)20-13-5-2-6-14-20/h1-18,26,28H. The van der Waals surface area contributed by atoms with Gasteiger partial charge in [-0.15, -0.1) is 0 Å². The number of benzene rings is 4. The molecule has 3 heteroatoms. The number of para-hydroxylation sites is 2. The summed E-state index contributed by atoms with van der Waals surface area (Å²) in [5, 5.41) is 6.86. The molecule has 0 fully saturated rings. The molecule has 28 heavy (non-hydrogen) atoms. The van der Waals surface area contributed by atoms with Gasteiger partial charge in [0.15, 0.2) is 0 Å². The monoisotopic (exact) mass is 381 g/mol. The van der Waals surface area contributed by atoms with Crippen molar-refractivity contribution in [1.29, 1.82) is 0 Å². The number of nitrogens with one attached hydrogen (secondary N) is 1. The van der Waals surface area contributed by atoms with Crippen molar-refractivity contribution in [3.8, 4) is 0 Å². The van der Waals surface area contributed by atoms with Gasteiger partial charge in [0.2, 0.25) is 0 Å². The Kier molecular flexibility index (Phi) is 4.07. The Labute approximate surface area is 165 Å². The molecule has 1 aliphatic heterocycles. The van der Waals surface area contributed by atoms with E-state index in [1.807, 2.05) is 72.8 Å². The molecule has 4 aromatic carbocycles. The van der Waals surface area contributed by atoms with Crippen molar-refractivity contribution < 1.29 is 4.79 Å². The fourth-order valence-corrected chi connectivity index (χ4v) is 8.92. The van der Waals surface area contributed by atoms with E-state index in [1.54, 1.807) is 0 Å². The molecular weight excluding hydrogens is 361 g/mol. The third kappa shape index (κ3) is 2.42. The predicted molar refractivity (Wildman–Crippen MR) is 121 cm³/mol. The molecule has 1 N–H and O–H groups in total. The first-order valence-corrected chi connectivity index (χ1v) is 11.4. The number of carbonyl (C=O) groups is 1. The van der Waals surface area contributed by atoms with E-state index >= 15 is 0 Å². The van der Waals surface area contributed by atoms with Crippen molar-refractivity contribution in [2.24, 2.45) is 0 Å². The van der Waals surface area contributed by atoms with Crippen LogP contribution in [0.3, 0.4) is 0 Å². The Morgan fingerprint density at radius 3 is 1.68 bits per heavy atom. The van der Waals surface area contributed by atoms with E-state index in [-0.39, 0.29) is 5.52 Å². The van der Waals surface area contributed by atoms with Gasteiger partial charge in [0.05, 0.1) is 0 Å². The first-order valence-electron chi connectivity index (χ1n) is 9.43. The van der Waals surface area contributed by atoms with Crippen LogP contribution in [0, 0.1) is 0 Å². The first kappa shape index (κ1) is 16.9. The average Bonchev–Trinajstić information content (AvgIpc) is 2.88. The van der Waals surface area contributed by atoms with Gasteiger partial charge < -0.3 is 0 Å². The molecule has 0 saturated carbocycles. The van der Waals surface area contributed by atoms with Gasteiger partial charge in [0, 0.05) is 0 Å². The molecule has 0 spiro atoms. The second-order valence-corrected chi connectivity index (χ2v) is 10.7. The Morgan fingerprint density at radius 2 is 1.04 bits per heavy atom. The zero-order valence-corrected chi connectivity index (χ0v) is 16.3. The summed E-state index contributed by atoms with van der Waals surface area (Å²) in [4.78, 5) is 14.3. The number of hydrogen-bond acceptors (Lipinski definition) is 2. The topological polar surface area (TPSA) is 29.1 Å². The summed E-state index contributed by atoms with van der Waals surface area (Å²) in [6.45, 7) is 0. The van der Waals surface area contributed by atoms with E-state index in [0.29, 0.717) is 0 Å². The minimum absolute atomic E-state index is 0.220. The Bertz CT molecular complexity index is 1120. The molecule has 0 saturated heterocycles. The summed E-state index contributed by atoms with van der Waals surface area (Å²) in [6, 6.07) is 36.7. The quantitative estimate of drug-likeness (QED) is 0.514. The van der Waals surface area contributed by atoms with Gasteiger partial charge in [0.25, 0.3) is 0 Å². The molecule has 136 valence electrons. The second kappa shape index (κ2) is 6.74. The molecular formula is C25H20NOP. The molecule has 0 aromatic heterocycles. The van der Waals surface area contributed by atoms with Crippen LogP contribution in [-0.2, 0) is 0 Å². The summed E-state index contributed by atoms with van der Waals surface area (Å²) < 4.78 is 0. The van der Waals surface area contributed by atoms with E-state index < -0.39 is 7.26 Å². The number of carbonyl (C=O) groups excluding carboxylic acids is 1. The van der Waals surface area contributed by atoms with E-state index in [1.165, 1.54) is 0 Å². The molecule has 0 radical (unpaired) electrons. The van der Waals surface area contributed by atoms with Gasteiger partial charge >= 0.3 is 165 Å². The zero-order valence-electron chi connectivity index (χ0n) is 15.3. The fourth-order valence-electron chi connectivity index (χ4n) is 4.29.